The van der Waals surface area contributed by atoms with Gasteiger partial charge in [0, 0.05) is 23.5 Å². The lowest BCUT2D eigenvalue weighted by molar-refractivity contribution is -0.142. The van der Waals surface area contributed by atoms with E-state index in [4.69, 9.17) is 11.6 Å². The van der Waals surface area contributed by atoms with Crippen LogP contribution in [0.4, 0.5) is 0 Å². The molecule has 2 aromatic rings. The minimum Gasteiger partial charge on any atom is -0.350 e. The molecule has 0 fully saturated rings. The Bertz CT molecular complexity index is 798. The van der Waals surface area contributed by atoms with Crippen molar-refractivity contribution in [3.05, 3.63) is 70.7 Å². The third kappa shape index (κ3) is 7.54. The fourth-order valence-electron chi connectivity index (χ4n) is 3.20. The Morgan fingerprint density at radius 3 is 2.17 bits per heavy atom. The van der Waals surface area contributed by atoms with Crippen LogP contribution in [0.25, 0.3) is 0 Å². The van der Waals surface area contributed by atoms with Crippen LogP contribution in [0.1, 0.15) is 51.7 Å². The Labute approximate surface area is 179 Å². The first kappa shape index (κ1) is 23.0. The Kier molecular flexibility index (Phi) is 8.27. The van der Waals surface area contributed by atoms with Crippen molar-refractivity contribution in [2.45, 2.75) is 65.1 Å². The Balaban J connectivity index is 2.21. The summed E-state index contributed by atoms with van der Waals surface area (Å²) < 4.78 is 0. The number of benzene rings is 2. The summed E-state index contributed by atoms with van der Waals surface area (Å²) in [5.41, 5.74) is 1.70. The highest BCUT2D eigenvalue weighted by atomic mass is 35.5. The summed E-state index contributed by atoms with van der Waals surface area (Å²) in [4.78, 5) is 27.8. The lowest BCUT2D eigenvalue weighted by Crippen LogP contribution is -2.53. The number of hydrogen-bond donors (Lipinski definition) is 1. The van der Waals surface area contributed by atoms with Crippen molar-refractivity contribution in [3.8, 4) is 0 Å². The quantitative estimate of drug-likeness (QED) is 0.661. The van der Waals surface area contributed by atoms with Gasteiger partial charge in [0.1, 0.15) is 6.04 Å². The second-order valence-corrected chi connectivity index (χ2v) is 8.73. The normalized spacial score (nSPS) is 12.3. The van der Waals surface area contributed by atoms with E-state index in [0.29, 0.717) is 30.8 Å². The molecule has 0 saturated carbocycles. The fraction of sp³-hybridized carbons (Fsp3) is 0.417. The van der Waals surface area contributed by atoms with Crippen LogP contribution in [0, 0.1) is 0 Å². The van der Waals surface area contributed by atoms with E-state index in [0.717, 1.165) is 11.1 Å². The molecule has 2 amide bonds. The molecule has 0 spiro atoms. The van der Waals surface area contributed by atoms with Crippen molar-refractivity contribution in [1.82, 2.24) is 10.2 Å². The number of carbonyl (C=O) groups is 2. The maximum Gasteiger partial charge on any atom is 0.243 e. The SMILES string of the molecule is CC[C@H](C(=O)NC(C)(C)C)N(Cc1ccc(Cl)cc1)C(=O)CCc1ccccc1. The van der Waals surface area contributed by atoms with Crippen molar-refractivity contribution in [2.75, 3.05) is 0 Å². The van der Waals surface area contributed by atoms with E-state index in [2.05, 4.69) is 5.32 Å². The van der Waals surface area contributed by atoms with Crippen LogP contribution in [0.5, 0.6) is 0 Å². The van der Waals surface area contributed by atoms with Gasteiger partial charge in [-0.05, 0) is 56.9 Å². The number of nitrogens with one attached hydrogen (secondary N) is 1. The van der Waals surface area contributed by atoms with Crippen LogP contribution in [0.3, 0.4) is 0 Å². The average molecular weight is 415 g/mol. The highest BCUT2D eigenvalue weighted by Gasteiger charge is 2.30. The number of amides is 2. The van der Waals surface area contributed by atoms with Crippen molar-refractivity contribution < 1.29 is 9.59 Å². The van der Waals surface area contributed by atoms with Gasteiger partial charge in [0.25, 0.3) is 0 Å². The molecule has 0 aliphatic heterocycles. The van der Waals surface area contributed by atoms with Gasteiger partial charge in [-0.3, -0.25) is 9.59 Å². The number of rotatable bonds is 8. The molecule has 0 radical (unpaired) electrons. The van der Waals surface area contributed by atoms with Gasteiger partial charge in [-0.1, -0.05) is 61.0 Å². The molecule has 0 bridgehead atoms. The van der Waals surface area contributed by atoms with Gasteiger partial charge < -0.3 is 10.2 Å². The van der Waals surface area contributed by atoms with Gasteiger partial charge in [0.05, 0.1) is 0 Å². The molecular formula is C24H31ClN2O2. The zero-order chi connectivity index (χ0) is 21.4. The maximum atomic E-state index is 13.2. The monoisotopic (exact) mass is 414 g/mol. The zero-order valence-corrected chi connectivity index (χ0v) is 18.5. The van der Waals surface area contributed by atoms with Crippen molar-refractivity contribution in [1.29, 1.82) is 0 Å². The van der Waals surface area contributed by atoms with Crippen LogP contribution in [0.2, 0.25) is 5.02 Å². The van der Waals surface area contributed by atoms with E-state index in [9.17, 15) is 9.59 Å². The van der Waals surface area contributed by atoms with Gasteiger partial charge in [-0.2, -0.15) is 0 Å². The van der Waals surface area contributed by atoms with Crippen LogP contribution in [-0.2, 0) is 22.6 Å². The van der Waals surface area contributed by atoms with E-state index in [-0.39, 0.29) is 17.4 Å². The summed E-state index contributed by atoms with van der Waals surface area (Å²) >= 11 is 6.00. The zero-order valence-electron chi connectivity index (χ0n) is 17.7. The van der Waals surface area contributed by atoms with Crippen molar-refractivity contribution in [2.24, 2.45) is 0 Å². The van der Waals surface area contributed by atoms with E-state index in [1.807, 2.05) is 70.2 Å². The number of hydrogen-bond acceptors (Lipinski definition) is 2. The highest BCUT2D eigenvalue weighted by molar-refractivity contribution is 6.30. The van der Waals surface area contributed by atoms with E-state index in [1.54, 1.807) is 17.0 Å². The van der Waals surface area contributed by atoms with Gasteiger partial charge in [-0.25, -0.2) is 0 Å². The molecule has 0 aliphatic carbocycles. The van der Waals surface area contributed by atoms with Crippen molar-refractivity contribution in [3.63, 3.8) is 0 Å². The third-order valence-electron chi connectivity index (χ3n) is 4.62. The van der Waals surface area contributed by atoms with E-state index in [1.165, 1.54) is 0 Å². The topological polar surface area (TPSA) is 49.4 Å². The van der Waals surface area contributed by atoms with E-state index >= 15 is 0 Å². The molecule has 0 saturated heterocycles. The molecule has 156 valence electrons. The summed E-state index contributed by atoms with van der Waals surface area (Å²) in [5.74, 6) is -0.151. The Morgan fingerprint density at radius 2 is 1.62 bits per heavy atom. The molecule has 1 N–H and O–H groups in total. The highest BCUT2D eigenvalue weighted by Crippen LogP contribution is 2.17. The predicted molar refractivity (Wildman–Crippen MR) is 119 cm³/mol. The van der Waals surface area contributed by atoms with Crippen LogP contribution in [-0.4, -0.2) is 28.3 Å². The Morgan fingerprint density at radius 1 is 1.00 bits per heavy atom. The first-order chi connectivity index (χ1) is 13.7. The molecular weight excluding hydrogens is 384 g/mol. The average Bonchev–Trinajstić information content (AvgIpc) is 2.67. The second-order valence-electron chi connectivity index (χ2n) is 8.30. The molecule has 2 rings (SSSR count). The standard InChI is InChI=1S/C24H31ClN2O2/c1-5-21(23(29)26-24(2,3)4)27(17-19-11-14-20(25)15-12-19)22(28)16-13-18-9-7-6-8-10-18/h6-12,14-15,21H,5,13,16-17H2,1-4H3,(H,26,29)/t21-/m1/s1. The minimum absolute atomic E-state index is 0.0280. The summed E-state index contributed by atoms with van der Waals surface area (Å²) in [7, 11) is 0. The first-order valence-corrected chi connectivity index (χ1v) is 10.5. The van der Waals surface area contributed by atoms with Gasteiger partial charge in [0.15, 0.2) is 0 Å². The first-order valence-electron chi connectivity index (χ1n) is 10.1. The largest absolute Gasteiger partial charge is 0.350 e. The maximum absolute atomic E-state index is 13.2. The van der Waals surface area contributed by atoms with Crippen molar-refractivity contribution >= 4 is 23.4 Å². The van der Waals surface area contributed by atoms with E-state index < -0.39 is 6.04 Å². The molecule has 2 aromatic carbocycles. The molecule has 0 unspecified atom stereocenters. The fourth-order valence-corrected chi connectivity index (χ4v) is 3.32. The predicted octanol–water partition coefficient (Wildman–Crippen LogP) is 4.99. The molecule has 0 aromatic heterocycles. The summed E-state index contributed by atoms with van der Waals surface area (Å²) in [5, 5.41) is 3.67. The number of halogens is 1. The third-order valence-corrected chi connectivity index (χ3v) is 4.87. The Hall–Kier alpha value is -2.33. The van der Waals surface area contributed by atoms with Crippen LogP contribution in [0.15, 0.2) is 54.6 Å². The summed E-state index contributed by atoms with van der Waals surface area (Å²) in [6.07, 6.45) is 1.55. The summed E-state index contributed by atoms with van der Waals surface area (Å²) in [6, 6.07) is 16.8. The van der Waals surface area contributed by atoms with Crippen LogP contribution >= 0.6 is 11.6 Å². The molecule has 29 heavy (non-hydrogen) atoms. The minimum atomic E-state index is -0.520. The number of carbonyl (C=O) groups excluding carboxylic acids is 2. The lowest BCUT2D eigenvalue weighted by atomic mass is 10.0. The summed E-state index contributed by atoms with van der Waals surface area (Å²) in [6.45, 7) is 8.14. The molecule has 0 heterocycles. The second kappa shape index (κ2) is 10.4. The molecule has 4 nitrogen and oxygen atoms in total. The molecule has 5 heteroatoms. The van der Waals surface area contributed by atoms with Gasteiger partial charge in [0.2, 0.25) is 11.8 Å². The molecule has 0 aliphatic rings. The van der Waals surface area contributed by atoms with Gasteiger partial charge in [-0.15, -0.1) is 0 Å². The smallest absolute Gasteiger partial charge is 0.243 e. The van der Waals surface area contributed by atoms with Gasteiger partial charge >= 0.3 is 0 Å². The number of nitrogens with zero attached hydrogens (tertiary/aromatic N) is 1. The lowest BCUT2D eigenvalue weighted by Gasteiger charge is -2.33. The number of aryl methyl sites for hydroxylation is 1. The van der Waals surface area contributed by atoms with Crippen LogP contribution < -0.4 is 5.32 Å². The molecule has 1 atom stereocenters.